The fourth-order valence-electron chi connectivity index (χ4n) is 4.06. The molecule has 1 aromatic heterocycles. The fourth-order valence-corrected chi connectivity index (χ4v) is 4.06. The Morgan fingerprint density at radius 3 is 2.60 bits per heavy atom. The van der Waals surface area contributed by atoms with Crippen LogP contribution >= 0.6 is 0 Å². The number of aliphatic hydroxyl groups excluding tert-OH is 1. The van der Waals surface area contributed by atoms with Crippen LogP contribution in [0.15, 0.2) is 30.5 Å². The summed E-state index contributed by atoms with van der Waals surface area (Å²) in [5.41, 5.74) is -2.55. The smallest absolute Gasteiger partial charge is 0.417 e. The normalized spacial score (nSPS) is 24.4. The number of carbonyl (C=O) groups is 1. The molecular weight excluding hydrogens is 479 g/mol. The number of amides is 1. The van der Waals surface area contributed by atoms with Crippen LogP contribution in [0.25, 0.3) is 0 Å². The van der Waals surface area contributed by atoms with Crippen LogP contribution in [0, 0.1) is 17.6 Å². The lowest BCUT2D eigenvalue weighted by Gasteiger charge is -2.32. The first-order valence-electron chi connectivity index (χ1n) is 10.7. The lowest BCUT2D eigenvalue weighted by Crippen LogP contribution is -2.47. The van der Waals surface area contributed by atoms with E-state index in [2.05, 4.69) is 10.3 Å². The Labute approximate surface area is 198 Å². The third-order valence-corrected chi connectivity index (χ3v) is 6.15. The van der Waals surface area contributed by atoms with E-state index in [1.54, 1.807) is 0 Å². The number of nitrogens with one attached hydrogen (secondary N) is 1. The highest BCUT2D eigenvalue weighted by Crippen LogP contribution is 2.55. The molecule has 35 heavy (non-hydrogen) atoms. The molecule has 1 aromatic carbocycles. The largest absolute Gasteiger partial charge is 0.488 e. The molecule has 0 bridgehead atoms. The molecule has 0 saturated carbocycles. The SMILES string of the molecule is COCCOc1c([C@H]2[C@H](C(=O)Nc3ccnc(CO)c3)O[C@@](C)(C(F)(F)F)[C@H]2C)ccc(F)c1F. The molecule has 2 heterocycles. The average molecular weight is 504 g/mol. The van der Waals surface area contributed by atoms with Gasteiger partial charge in [-0.25, -0.2) is 4.39 Å². The molecule has 1 aliphatic heterocycles. The van der Waals surface area contributed by atoms with E-state index < -0.39 is 59.6 Å². The summed E-state index contributed by atoms with van der Waals surface area (Å²) in [4.78, 5) is 17.0. The standard InChI is InChI=1S/C23H25F5N2O5/c1-12-17(15-4-5-16(24)18(25)19(15)34-9-8-33-3)20(35-22(12,2)23(26,27)28)21(32)30-13-6-7-29-14(10-13)11-31/h4-7,10,12,17,20,31H,8-9,11H2,1-3H3,(H,29,30,32)/t12-,17-,20+,22+/m0/s1. The Morgan fingerprint density at radius 1 is 1.26 bits per heavy atom. The summed E-state index contributed by atoms with van der Waals surface area (Å²) in [7, 11) is 1.36. The minimum atomic E-state index is -4.88. The number of aromatic nitrogens is 1. The minimum absolute atomic E-state index is 0.00548. The van der Waals surface area contributed by atoms with Crippen molar-refractivity contribution in [1.82, 2.24) is 4.98 Å². The number of anilines is 1. The Morgan fingerprint density at radius 2 is 1.97 bits per heavy atom. The summed E-state index contributed by atoms with van der Waals surface area (Å²) >= 11 is 0. The molecule has 7 nitrogen and oxygen atoms in total. The van der Waals surface area contributed by atoms with Crippen molar-refractivity contribution in [2.45, 2.75) is 44.3 Å². The summed E-state index contributed by atoms with van der Waals surface area (Å²) in [6.45, 7) is 1.40. The van der Waals surface area contributed by atoms with E-state index >= 15 is 0 Å². The number of halogens is 5. The molecule has 2 aromatic rings. The second-order valence-electron chi connectivity index (χ2n) is 8.26. The molecule has 4 atom stereocenters. The molecule has 0 aliphatic carbocycles. The number of benzene rings is 1. The van der Waals surface area contributed by atoms with Crippen molar-refractivity contribution in [3.8, 4) is 5.75 Å². The van der Waals surface area contributed by atoms with Gasteiger partial charge in [-0.3, -0.25) is 9.78 Å². The van der Waals surface area contributed by atoms with Crippen LogP contribution in [0.3, 0.4) is 0 Å². The van der Waals surface area contributed by atoms with E-state index in [0.717, 1.165) is 19.1 Å². The number of hydrogen-bond donors (Lipinski definition) is 2. The minimum Gasteiger partial charge on any atom is -0.488 e. The summed E-state index contributed by atoms with van der Waals surface area (Å²) < 4.78 is 86.4. The summed E-state index contributed by atoms with van der Waals surface area (Å²) in [6.07, 6.45) is -5.32. The van der Waals surface area contributed by atoms with Crippen LogP contribution in [-0.4, -0.2) is 54.2 Å². The number of pyridine rings is 1. The van der Waals surface area contributed by atoms with E-state index in [9.17, 15) is 31.9 Å². The Hall–Kier alpha value is -2.83. The van der Waals surface area contributed by atoms with Gasteiger partial charge in [-0.2, -0.15) is 17.6 Å². The topological polar surface area (TPSA) is 89.9 Å². The number of rotatable bonds is 8. The predicted molar refractivity (Wildman–Crippen MR) is 114 cm³/mol. The van der Waals surface area contributed by atoms with Gasteiger partial charge in [0.1, 0.15) is 12.7 Å². The zero-order valence-electron chi connectivity index (χ0n) is 19.2. The molecule has 0 unspecified atom stereocenters. The van der Waals surface area contributed by atoms with Crippen LogP contribution in [0.4, 0.5) is 27.6 Å². The summed E-state index contributed by atoms with van der Waals surface area (Å²) in [6, 6.07) is 4.56. The highest BCUT2D eigenvalue weighted by atomic mass is 19.4. The van der Waals surface area contributed by atoms with Crippen molar-refractivity contribution in [1.29, 1.82) is 0 Å². The van der Waals surface area contributed by atoms with Crippen LogP contribution in [0.5, 0.6) is 5.75 Å². The summed E-state index contributed by atoms with van der Waals surface area (Å²) in [5.74, 6) is -6.96. The molecular formula is C23H25F5N2O5. The highest BCUT2D eigenvalue weighted by Gasteiger charge is 2.65. The molecule has 0 radical (unpaired) electrons. The highest BCUT2D eigenvalue weighted by molar-refractivity contribution is 5.95. The molecule has 0 spiro atoms. The fraction of sp³-hybridized carbons (Fsp3) is 0.478. The first-order chi connectivity index (χ1) is 16.4. The van der Waals surface area contributed by atoms with Gasteiger partial charge in [-0.1, -0.05) is 13.0 Å². The Bertz CT molecular complexity index is 1070. The van der Waals surface area contributed by atoms with Crippen LogP contribution in [-0.2, 0) is 20.9 Å². The molecule has 2 N–H and O–H groups in total. The molecule has 1 saturated heterocycles. The molecule has 1 fully saturated rings. The third-order valence-electron chi connectivity index (χ3n) is 6.15. The maximum absolute atomic E-state index is 14.7. The van der Waals surface area contributed by atoms with E-state index in [1.165, 1.54) is 32.4 Å². The molecule has 1 aliphatic rings. The van der Waals surface area contributed by atoms with Crippen LogP contribution < -0.4 is 10.1 Å². The number of carbonyl (C=O) groups excluding carboxylic acids is 1. The Balaban J connectivity index is 2.07. The zero-order valence-corrected chi connectivity index (χ0v) is 19.2. The molecule has 3 rings (SSSR count). The van der Waals surface area contributed by atoms with Gasteiger partial charge in [0, 0.05) is 36.4 Å². The number of methoxy groups -OCH3 is 1. The maximum Gasteiger partial charge on any atom is 0.417 e. The zero-order chi connectivity index (χ0) is 26.0. The van der Waals surface area contributed by atoms with Crippen molar-refractivity contribution in [3.05, 3.63) is 53.4 Å². The van der Waals surface area contributed by atoms with Crippen LogP contribution in [0.2, 0.25) is 0 Å². The van der Waals surface area contributed by atoms with E-state index in [0.29, 0.717) is 0 Å². The second-order valence-corrected chi connectivity index (χ2v) is 8.26. The van der Waals surface area contributed by atoms with Gasteiger partial charge in [0.05, 0.1) is 18.9 Å². The average Bonchev–Trinajstić information content (AvgIpc) is 3.09. The quantitative estimate of drug-likeness (QED) is 0.418. The lowest BCUT2D eigenvalue weighted by molar-refractivity contribution is -0.272. The molecule has 1 amide bonds. The first kappa shape index (κ1) is 26.8. The van der Waals surface area contributed by atoms with Crippen molar-refractivity contribution in [2.75, 3.05) is 25.6 Å². The van der Waals surface area contributed by atoms with Crippen molar-refractivity contribution >= 4 is 11.6 Å². The predicted octanol–water partition coefficient (Wildman–Crippen LogP) is 3.96. The maximum atomic E-state index is 14.7. The molecule has 192 valence electrons. The van der Waals surface area contributed by atoms with E-state index in [-0.39, 0.29) is 30.2 Å². The van der Waals surface area contributed by atoms with Gasteiger partial charge in [0.15, 0.2) is 17.2 Å². The monoisotopic (exact) mass is 504 g/mol. The number of ether oxygens (including phenoxy) is 3. The van der Waals surface area contributed by atoms with Gasteiger partial charge >= 0.3 is 6.18 Å². The van der Waals surface area contributed by atoms with Gasteiger partial charge in [0.25, 0.3) is 5.91 Å². The van der Waals surface area contributed by atoms with Gasteiger partial charge in [0.2, 0.25) is 5.82 Å². The first-order valence-corrected chi connectivity index (χ1v) is 10.7. The number of nitrogens with zero attached hydrogens (tertiary/aromatic N) is 1. The Kier molecular flexibility index (Phi) is 7.97. The number of alkyl halides is 3. The van der Waals surface area contributed by atoms with E-state index in [4.69, 9.17) is 14.2 Å². The van der Waals surface area contributed by atoms with Crippen molar-refractivity contribution < 1.29 is 46.1 Å². The third kappa shape index (κ3) is 5.24. The van der Waals surface area contributed by atoms with Crippen LogP contribution in [0.1, 0.15) is 31.0 Å². The van der Waals surface area contributed by atoms with Crippen molar-refractivity contribution in [2.24, 2.45) is 5.92 Å². The lowest BCUT2D eigenvalue weighted by atomic mass is 9.77. The van der Waals surface area contributed by atoms with Crippen molar-refractivity contribution in [3.63, 3.8) is 0 Å². The van der Waals surface area contributed by atoms with Gasteiger partial charge in [-0.15, -0.1) is 0 Å². The van der Waals surface area contributed by atoms with Gasteiger partial charge in [-0.05, 0) is 25.1 Å². The number of aliphatic hydroxyl groups is 1. The van der Waals surface area contributed by atoms with Gasteiger partial charge < -0.3 is 24.6 Å². The second kappa shape index (κ2) is 10.4. The summed E-state index contributed by atoms with van der Waals surface area (Å²) in [5, 5.41) is 11.7. The molecule has 12 heteroatoms. The van der Waals surface area contributed by atoms with E-state index in [1.807, 2.05) is 0 Å². The number of hydrogen-bond acceptors (Lipinski definition) is 6.